The molecule has 6 nitrogen and oxygen atoms in total. The van der Waals surface area contributed by atoms with E-state index in [2.05, 4.69) is 4.98 Å². The molecule has 0 spiro atoms. The molecular formula is C27H22F2N2O4. The first-order chi connectivity index (χ1) is 16.7. The number of benzene rings is 3. The maximum atomic E-state index is 14.6. The van der Waals surface area contributed by atoms with E-state index in [4.69, 9.17) is 15.2 Å². The monoisotopic (exact) mass is 476 g/mol. The molecule has 0 bridgehead atoms. The highest BCUT2D eigenvalue weighted by Crippen LogP contribution is 2.34. The van der Waals surface area contributed by atoms with Crippen LogP contribution < -0.4 is 15.2 Å². The molecule has 0 fully saturated rings. The number of aryl methyl sites for hydroxylation is 2. The third-order valence-corrected chi connectivity index (χ3v) is 5.20. The minimum atomic E-state index is -1.26. The van der Waals surface area contributed by atoms with Gasteiger partial charge < -0.3 is 20.3 Å². The topological polar surface area (TPSA) is 94.7 Å². The summed E-state index contributed by atoms with van der Waals surface area (Å²) >= 11 is 0. The van der Waals surface area contributed by atoms with E-state index in [9.17, 15) is 18.7 Å². The van der Waals surface area contributed by atoms with Gasteiger partial charge in [-0.1, -0.05) is 30.3 Å². The van der Waals surface area contributed by atoms with Gasteiger partial charge in [-0.25, -0.2) is 13.6 Å². The zero-order valence-electron chi connectivity index (χ0n) is 19.0. The normalized spacial score (nSPS) is 10.8. The van der Waals surface area contributed by atoms with Crippen LogP contribution in [0.3, 0.4) is 0 Å². The number of hydrogen-bond acceptors (Lipinski definition) is 5. The van der Waals surface area contributed by atoms with Crippen LogP contribution in [0.1, 0.15) is 27.0 Å². The second-order valence-electron chi connectivity index (χ2n) is 8.01. The van der Waals surface area contributed by atoms with E-state index in [0.29, 0.717) is 18.2 Å². The molecule has 0 saturated heterocycles. The minimum absolute atomic E-state index is 0.126. The van der Waals surface area contributed by atoms with E-state index < -0.39 is 29.4 Å². The molecule has 3 N–H and O–H groups in total. The molecule has 1 aromatic heterocycles. The summed E-state index contributed by atoms with van der Waals surface area (Å²) in [6, 6.07) is 17.9. The Bertz CT molecular complexity index is 1420. The van der Waals surface area contributed by atoms with Crippen molar-refractivity contribution in [2.24, 2.45) is 5.73 Å². The van der Waals surface area contributed by atoms with Crippen molar-refractivity contribution < 1.29 is 28.2 Å². The lowest BCUT2D eigenvalue weighted by Gasteiger charge is -2.13. The number of ether oxygens (including phenoxy) is 2. The molecule has 35 heavy (non-hydrogen) atoms. The van der Waals surface area contributed by atoms with Gasteiger partial charge in [0.25, 0.3) is 11.8 Å². The second kappa shape index (κ2) is 9.90. The van der Waals surface area contributed by atoms with Crippen LogP contribution in [0.25, 0.3) is 11.1 Å². The van der Waals surface area contributed by atoms with Gasteiger partial charge in [0.2, 0.25) is 0 Å². The smallest absolute Gasteiger partial charge is 0.339 e. The van der Waals surface area contributed by atoms with Crippen molar-refractivity contribution in [3.8, 4) is 34.4 Å². The number of rotatable bonds is 7. The predicted octanol–water partition coefficient (Wildman–Crippen LogP) is 6.39. The lowest BCUT2D eigenvalue weighted by Crippen LogP contribution is -2.03. The summed E-state index contributed by atoms with van der Waals surface area (Å²) < 4.78 is 40.1. The lowest BCUT2D eigenvalue weighted by atomic mass is 10.0. The zero-order chi connectivity index (χ0) is 25.1. The van der Waals surface area contributed by atoms with Crippen molar-refractivity contribution in [2.75, 3.05) is 0 Å². The first-order valence-corrected chi connectivity index (χ1v) is 10.7. The first-order valence-electron chi connectivity index (χ1n) is 10.7. The van der Waals surface area contributed by atoms with Gasteiger partial charge >= 0.3 is 5.97 Å². The van der Waals surface area contributed by atoms with Crippen LogP contribution in [0.2, 0.25) is 0 Å². The van der Waals surface area contributed by atoms with Crippen LogP contribution in [0, 0.1) is 25.5 Å². The molecule has 8 heteroatoms. The summed E-state index contributed by atoms with van der Waals surface area (Å²) in [5.74, 6) is -4.37. The van der Waals surface area contributed by atoms with Crippen molar-refractivity contribution in [1.29, 1.82) is 0 Å². The van der Waals surface area contributed by atoms with Crippen molar-refractivity contribution >= 4 is 5.97 Å². The van der Waals surface area contributed by atoms with Gasteiger partial charge in [0.1, 0.15) is 17.1 Å². The summed E-state index contributed by atoms with van der Waals surface area (Å²) in [5.41, 5.74) is 9.77. The van der Waals surface area contributed by atoms with Gasteiger partial charge in [0, 0.05) is 12.6 Å². The Morgan fingerprint density at radius 2 is 1.63 bits per heavy atom. The molecule has 0 unspecified atom stereocenters. The van der Waals surface area contributed by atoms with E-state index in [1.54, 1.807) is 25.1 Å². The molecule has 4 aromatic rings. The Balaban J connectivity index is 1.68. The van der Waals surface area contributed by atoms with Crippen molar-refractivity contribution in [1.82, 2.24) is 4.98 Å². The number of halogens is 2. The molecule has 0 aliphatic rings. The fraction of sp³-hybridized carbons (Fsp3) is 0.111. The van der Waals surface area contributed by atoms with Crippen LogP contribution in [0.4, 0.5) is 8.78 Å². The second-order valence-corrected chi connectivity index (χ2v) is 8.01. The highest BCUT2D eigenvalue weighted by atomic mass is 19.1. The molecule has 0 saturated carbocycles. The van der Waals surface area contributed by atoms with Gasteiger partial charge in [-0.15, -0.1) is 0 Å². The van der Waals surface area contributed by atoms with E-state index in [-0.39, 0.29) is 17.1 Å². The predicted molar refractivity (Wildman–Crippen MR) is 127 cm³/mol. The standard InChI is InChI=1S/C27H22F2N2O4/c1-15-6-7-21(27(32)33)24(10-15)35-26-23(29)13-22(28)25(31-26)34-20-9-16(2)8-19(12-20)18-5-3-4-17(11-18)14-30/h3-13H,14,30H2,1-2H3,(H,32,33). The number of nitrogens with two attached hydrogens (primary N) is 1. The molecule has 0 amide bonds. The number of pyridine rings is 1. The maximum Gasteiger partial charge on any atom is 0.339 e. The summed E-state index contributed by atoms with van der Waals surface area (Å²) in [6.07, 6.45) is 0. The Kier molecular flexibility index (Phi) is 6.75. The van der Waals surface area contributed by atoms with Gasteiger partial charge in [0.15, 0.2) is 11.6 Å². The largest absolute Gasteiger partial charge is 0.478 e. The van der Waals surface area contributed by atoms with Gasteiger partial charge in [0.05, 0.1) is 0 Å². The molecule has 0 atom stereocenters. The summed E-state index contributed by atoms with van der Waals surface area (Å²) in [6.45, 7) is 3.97. The van der Waals surface area contributed by atoms with Crippen LogP contribution >= 0.6 is 0 Å². The van der Waals surface area contributed by atoms with Crippen LogP contribution in [-0.4, -0.2) is 16.1 Å². The van der Waals surface area contributed by atoms with E-state index in [1.165, 1.54) is 12.1 Å². The summed E-state index contributed by atoms with van der Waals surface area (Å²) in [4.78, 5) is 15.4. The number of carbonyl (C=O) groups is 1. The molecule has 0 radical (unpaired) electrons. The molecule has 3 aromatic carbocycles. The fourth-order valence-electron chi connectivity index (χ4n) is 3.53. The highest BCUT2D eigenvalue weighted by molar-refractivity contribution is 5.91. The van der Waals surface area contributed by atoms with E-state index in [1.807, 2.05) is 37.3 Å². The summed E-state index contributed by atoms with van der Waals surface area (Å²) in [7, 11) is 0. The summed E-state index contributed by atoms with van der Waals surface area (Å²) in [5, 5.41) is 9.39. The molecule has 178 valence electrons. The van der Waals surface area contributed by atoms with Crippen LogP contribution in [-0.2, 0) is 6.54 Å². The molecule has 0 aliphatic heterocycles. The third kappa shape index (κ3) is 5.44. The molecule has 0 aliphatic carbocycles. The van der Waals surface area contributed by atoms with Crippen LogP contribution in [0.15, 0.2) is 66.7 Å². The molecule has 4 rings (SSSR count). The number of carboxylic acid groups (broad SMARTS) is 1. The number of nitrogens with zero attached hydrogens (tertiary/aromatic N) is 1. The van der Waals surface area contributed by atoms with Gasteiger partial charge in [-0.3, -0.25) is 0 Å². The molecule has 1 heterocycles. The van der Waals surface area contributed by atoms with Crippen molar-refractivity contribution in [3.05, 3.63) is 101 Å². The average molecular weight is 476 g/mol. The zero-order valence-corrected chi connectivity index (χ0v) is 19.0. The Morgan fingerprint density at radius 1 is 0.886 bits per heavy atom. The van der Waals surface area contributed by atoms with Crippen LogP contribution in [0.5, 0.6) is 23.3 Å². The van der Waals surface area contributed by atoms with Gasteiger partial charge in [-0.05, 0) is 72.0 Å². The van der Waals surface area contributed by atoms with E-state index >= 15 is 0 Å². The Morgan fingerprint density at radius 3 is 2.34 bits per heavy atom. The Hall–Kier alpha value is -4.30. The van der Waals surface area contributed by atoms with E-state index in [0.717, 1.165) is 22.3 Å². The lowest BCUT2D eigenvalue weighted by molar-refractivity contribution is 0.0694. The fourth-order valence-corrected chi connectivity index (χ4v) is 3.53. The van der Waals surface area contributed by atoms with Crippen molar-refractivity contribution in [3.63, 3.8) is 0 Å². The quantitative estimate of drug-likeness (QED) is 0.321. The first kappa shape index (κ1) is 23.8. The number of aromatic carboxylic acids is 1. The highest BCUT2D eigenvalue weighted by Gasteiger charge is 2.19. The number of carboxylic acids is 1. The van der Waals surface area contributed by atoms with Gasteiger partial charge in [-0.2, -0.15) is 4.98 Å². The molecular weight excluding hydrogens is 454 g/mol. The van der Waals surface area contributed by atoms with Crippen molar-refractivity contribution in [2.45, 2.75) is 20.4 Å². The minimum Gasteiger partial charge on any atom is -0.478 e. The average Bonchev–Trinajstić information content (AvgIpc) is 2.81. The Labute approximate surface area is 200 Å². The maximum absolute atomic E-state index is 14.6. The number of aromatic nitrogens is 1. The number of hydrogen-bond donors (Lipinski definition) is 2. The third-order valence-electron chi connectivity index (χ3n) is 5.20. The SMILES string of the molecule is Cc1cc(Oc2nc(Oc3cc(C)ccc3C(=O)O)c(F)cc2F)cc(-c2cccc(CN)c2)c1.